The molecule has 0 fully saturated rings. The SMILES string of the molecule is Cn1c(/C(C#N)=C(\O)CSc2cccc[n+]2[O-])nc2ccccc21. The number of aromatic nitrogens is 3. The summed E-state index contributed by atoms with van der Waals surface area (Å²) < 4.78 is 2.49. The first-order valence-electron chi connectivity index (χ1n) is 7.17. The lowest BCUT2D eigenvalue weighted by molar-refractivity contribution is -0.645. The molecule has 120 valence electrons. The predicted molar refractivity (Wildman–Crippen MR) is 92.0 cm³/mol. The molecular formula is C17H14N4O2S. The lowest BCUT2D eigenvalue weighted by Gasteiger charge is -2.05. The number of aryl methyl sites for hydroxylation is 1. The van der Waals surface area contributed by atoms with Crippen LogP contribution in [0.25, 0.3) is 16.6 Å². The van der Waals surface area contributed by atoms with Crippen LogP contribution in [0.3, 0.4) is 0 Å². The Hall–Kier alpha value is -2.98. The molecule has 2 heterocycles. The molecule has 0 spiro atoms. The van der Waals surface area contributed by atoms with Crippen LogP contribution in [0, 0.1) is 16.5 Å². The van der Waals surface area contributed by atoms with Crippen molar-refractivity contribution in [3.05, 3.63) is 65.5 Å². The number of nitriles is 1. The molecule has 2 aromatic heterocycles. The standard InChI is InChI=1S/C17H14N4O2S/c1-20-14-7-3-2-6-13(14)19-17(20)12(10-18)15(22)11-24-16-8-4-5-9-21(16)23/h2-9,22H,11H2,1H3/b15-12-. The van der Waals surface area contributed by atoms with Crippen LogP contribution in [0.15, 0.2) is 59.4 Å². The molecule has 7 heteroatoms. The van der Waals surface area contributed by atoms with Gasteiger partial charge in [0.2, 0.25) is 0 Å². The van der Waals surface area contributed by atoms with Crippen molar-refractivity contribution >= 4 is 28.4 Å². The fourth-order valence-corrected chi connectivity index (χ4v) is 3.14. The van der Waals surface area contributed by atoms with Crippen LogP contribution in [0.4, 0.5) is 0 Å². The summed E-state index contributed by atoms with van der Waals surface area (Å²) in [5.41, 5.74) is 1.74. The normalized spacial score (nSPS) is 12.0. The summed E-state index contributed by atoms with van der Waals surface area (Å²) in [5, 5.41) is 31.9. The van der Waals surface area contributed by atoms with E-state index < -0.39 is 0 Å². The smallest absolute Gasteiger partial charge is 0.251 e. The maximum atomic E-state index is 11.6. The monoisotopic (exact) mass is 338 g/mol. The highest BCUT2D eigenvalue weighted by molar-refractivity contribution is 7.99. The number of aliphatic hydroxyl groups is 1. The molecule has 0 atom stereocenters. The number of benzene rings is 1. The van der Waals surface area contributed by atoms with E-state index in [0.29, 0.717) is 10.9 Å². The molecule has 24 heavy (non-hydrogen) atoms. The molecule has 0 saturated heterocycles. The Morgan fingerprint density at radius 2 is 2.08 bits per heavy atom. The van der Waals surface area contributed by atoms with Gasteiger partial charge in [-0.1, -0.05) is 12.1 Å². The molecule has 3 aromatic rings. The fourth-order valence-electron chi connectivity index (χ4n) is 2.35. The molecule has 0 saturated carbocycles. The molecule has 0 unspecified atom stereocenters. The highest BCUT2D eigenvalue weighted by Crippen LogP contribution is 2.24. The Bertz CT molecular complexity index is 972. The summed E-state index contributed by atoms with van der Waals surface area (Å²) in [5.74, 6) is 0.405. The second kappa shape index (κ2) is 6.64. The number of allylic oxidation sites excluding steroid dienone is 1. The molecule has 0 aliphatic rings. The van der Waals surface area contributed by atoms with Crippen LogP contribution >= 0.6 is 11.8 Å². The average molecular weight is 338 g/mol. The predicted octanol–water partition coefficient (Wildman–Crippen LogP) is 2.79. The quantitative estimate of drug-likeness (QED) is 0.260. The summed E-state index contributed by atoms with van der Waals surface area (Å²) >= 11 is 1.16. The molecule has 0 radical (unpaired) electrons. The Kier molecular flexibility index (Phi) is 4.40. The van der Waals surface area contributed by atoms with Gasteiger partial charge in [0.1, 0.15) is 17.4 Å². The Balaban J connectivity index is 1.94. The summed E-state index contributed by atoms with van der Waals surface area (Å²) in [6.07, 6.45) is 1.39. The van der Waals surface area contributed by atoms with Gasteiger partial charge in [-0.2, -0.15) is 9.99 Å². The lowest BCUT2D eigenvalue weighted by Crippen LogP contribution is -2.27. The zero-order valence-corrected chi connectivity index (χ0v) is 13.7. The van der Waals surface area contributed by atoms with E-state index in [2.05, 4.69) is 4.98 Å². The molecule has 0 bridgehead atoms. The van der Waals surface area contributed by atoms with Crippen molar-refractivity contribution in [1.29, 1.82) is 5.26 Å². The maximum absolute atomic E-state index is 11.6. The fraction of sp³-hybridized carbons (Fsp3) is 0.118. The number of rotatable bonds is 4. The Morgan fingerprint density at radius 1 is 1.33 bits per heavy atom. The van der Waals surface area contributed by atoms with Crippen molar-refractivity contribution in [3.8, 4) is 6.07 Å². The van der Waals surface area contributed by atoms with E-state index in [0.717, 1.165) is 27.5 Å². The van der Waals surface area contributed by atoms with E-state index in [1.807, 2.05) is 30.3 Å². The zero-order chi connectivity index (χ0) is 17.1. The number of imidazole rings is 1. The van der Waals surface area contributed by atoms with Crippen molar-refractivity contribution in [1.82, 2.24) is 9.55 Å². The van der Waals surface area contributed by atoms with Gasteiger partial charge in [-0.3, -0.25) is 0 Å². The third kappa shape index (κ3) is 2.92. The van der Waals surface area contributed by atoms with Crippen molar-refractivity contribution in [3.63, 3.8) is 0 Å². The van der Waals surface area contributed by atoms with Gasteiger partial charge in [-0.15, -0.1) is 0 Å². The first kappa shape index (κ1) is 15.9. The molecule has 6 nitrogen and oxygen atoms in total. The van der Waals surface area contributed by atoms with Crippen molar-refractivity contribution < 1.29 is 9.84 Å². The first-order chi connectivity index (χ1) is 11.6. The first-order valence-corrected chi connectivity index (χ1v) is 8.15. The second-order valence-electron chi connectivity index (χ2n) is 5.07. The summed E-state index contributed by atoms with van der Waals surface area (Å²) in [6.45, 7) is 0. The Labute approximate surface area is 142 Å². The highest BCUT2D eigenvalue weighted by atomic mass is 32.2. The number of thioether (sulfide) groups is 1. The number of hydrogen-bond donors (Lipinski definition) is 1. The largest absolute Gasteiger partial charge is 0.618 e. The Morgan fingerprint density at radius 3 is 2.79 bits per heavy atom. The minimum atomic E-state index is -0.107. The number of fused-ring (bicyclic) bond motifs is 1. The molecule has 1 N–H and O–H groups in total. The molecule has 0 aliphatic heterocycles. The van der Waals surface area contributed by atoms with Crippen LogP contribution in [0.5, 0.6) is 0 Å². The molecule has 0 aliphatic carbocycles. The van der Waals surface area contributed by atoms with Gasteiger partial charge in [0.15, 0.2) is 12.0 Å². The summed E-state index contributed by atoms with van der Waals surface area (Å²) in [6, 6.07) is 14.6. The van der Waals surface area contributed by atoms with Gasteiger partial charge in [0.05, 0.1) is 16.8 Å². The minimum absolute atomic E-state index is 0.106. The van der Waals surface area contributed by atoms with Gasteiger partial charge in [-0.05, 0) is 30.0 Å². The van der Waals surface area contributed by atoms with E-state index in [1.165, 1.54) is 6.20 Å². The van der Waals surface area contributed by atoms with E-state index in [1.54, 1.807) is 29.8 Å². The topological polar surface area (TPSA) is 88.8 Å². The third-order valence-corrected chi connectivity index (χ3v) is 4.59. The minimum Gasteiger partial charge on any atom is -0.618 e. The van der Waals surface area contributed by atoms with Crippen LogP contribution in [-0.2, 0) is 7.05 Å². The van der Waals surface area contributed by atoms with E-state index in [4.69, 9.17) is 0 Å². The van der Waals surface area contributed by atoms with Crippen LogP contribution in [0.1, 0.15) is 5.82 Å². The van der Waals surface area contributed by atoms with Gasteiger partial charge in [0.25, 0.3) is 5.03 Å². The van der Waals surface area contributed by atoms with E-state index >= 15 is 0 Å². The number of pyridine rings is 1. The number of aliphatic hydroxyl groups excluding tert-OH is 1. The number of nitrogens with zero attached hydrogens (tertiary/aromatic N) is 4. The van der Waals surface area contributed by atoms with Crippen molar-refractivity contribution in [2.24, 2.45) is 7.05 Å². The lowest BCUT2D eigenvalue weighted by atomic mass is 10.2. The summed E-state index contributed by atoms with van der Waals surface area (Å²) in [7, 11) is 1.80. The van der Waals surface area contributed by atoms with E-state index in [-0.39, 0.29) is 17.1 Å². The maximum Gasteiger partial charge on any atom is 0.251 e. The second-order valence-corrected chi connectivity index (χ2v) is 6.07. The van der Waals surface area contributed by atoms with Crippen LogP contribution in [-0.4, -0.2) is 20.4 Å². The van der Waals surface area contributed by atoms with Crippen molar-refractivity contribution in [2.45, 2.75) is 5.03 Å². The molecule has 0 amide bonds. The number of para-hydroxylation sites is 2. The van der Waals surface area contributed by atoms with Gasteiger partial charge in [-0.25, -0.2) is 4.98 Å². The van der Waals surface area contributed by atoms with Gasteiger partial charge in [0, 0.05) is 19.2 Å². The van der Waals surface area contributed by atoms with Crippen LogP contribution in [0.2, 0.25) is 0 Å². The van der Waals surface area contributed by atoms with Gasteiger partial charge < -0.3 is 14.9 Å². The zero-order valence-electron chi connectivity index (χ0n) is 12.9. The van der Waals surface area contributed by atoms with E-state index in [9.17, 15) is 15.6 Å². The van der Waals surface area contributed by atoms with Crippen molar-refractivity contribution in [2.75, 3.05) is 5.75 Å². The molecular weight excluding hydrogens is 324 g/mol. The van der Waals surface area contributed by atoms with Crippen LogP contribution < -0.4 is 4.73 Å². The summed E-state index contributed by atoms with van der Waals surface area (Å²) in [4.78, 5) is 4.42. The highest BCUT2D eigenvalue weighted by Gasteiger charge is 2.17. The van der Waals surface area contributed by atoms with Gasteiger partial charge >= 0.3 is 0 Å². The molecule has 1 aromatic carbocycles. The average Bonchev–Trinajstić information content (AvgIpc) is 2.92. The third-order valence-electron chi connectivity index (χ3n) is 3.56. The number of hydrogen-bond acceptors (Lipinski definition) is 5. The molecule has 3 rings (SSSR count).